The van der Waals surface area contributed by atoms with Crippen LogP contribution in [0.4, 0.5) is 0 Å². The van der Waals surface area contributed by atoms with E-state index in [-0.39, 0.29) is 23.5 Å². The van der Waals surface area contributed by atoms with Gasteiger partial charge in [-0.25, -0.2) is 0 Å². The standard InChI is InChI=1S/C15H22O4/c1-11(16)15(8-9-18-13(15)17)10-12-4-7-14(19-12)5-2-3-6-14/h12H,2-10H2,1H3. The van der Waals surface area contributed by atoms with Crippen LogP contribution in [0.5, 0.6) is 0 Å². The molecule has 0 aromatic carbocycles. The maximum Gasteiger partial charge on any atom is 0.319 e. The first-order chi connectivity index (χ1) is 9.06. The molecule has 0 N–H and O–H groups in total. The van der Waals surface area contributed by atoms with Crippen LogP contribution < -0.4 is 0 Å². The van der Waals surface area contributed by atoms with Gasteiger partial charge in [0.05, 0.1) is 18.3 Å². The molecule has 4 nitrogen and oxygen atoms in total. The summed E-state index contributed by atoms with van der Waals surface area (Å²) < 4.78 is 11.3. The van der Waals surface area contributed by atoms with E-state index in [0.717, 1.165) is 25.7 Å². The lowest BCUT2D eigenvalue weighted by molar-refractivity contribution is -0.154. The maximum atomic E-state index is 11.9. The molecule has 2 aliphatic heterocycles. The van der Waals surface area contributed by atoms with Crippen LogP contribution in [0.25, 0.3) is 0 Å². The Bertz CT molecular complexity index is 397. The molecule has 0 aromatic heterocycles. The molecular formula is C15H22O4. The van der Waals surface area contributed by atoms with E-state index in [9.17, 15) is 9.59 Å². The lowest BCUT2D eigenvalue weighted by atomic mass is 9.77. The van der Waals surface area contributed by atoms with Crippen LogP contribution in [0.3, 0.4) is 0 Å². The zero-order chi connectivity index (χ0) is 13.5. The van der Waals surface area contributed by atoms with E-state index in [2.05, 4.69) is 0 Å². The van der Waals surface area contributed by atoms with Crippen molar-refractivity contribution in [2.45, 2.75) is 70.0 Å². The van der Waals surface area contributed by atoms with Gasteiger partial charge in [0.2, 0.25) is 0 Å². The number of hydrogen-bond acceptors (Lipinski definition) is 4. The first-order valence-corrected chi connectivity index (χ1v) is 7.43. The van der Waals surface area contributed by atoms with Crippen LogP contribution in [0.1, 0.15) is 58.3 Å². The molecule has 2 saturated heterocycles. The van der Waals surface area contributed by atoms with Crippen LogP contribution >= 0.6 is 0 Å². The number of carbonyl (C=O) groups excluding carboxylic acids is 2. The number of ketones is 1. The van der Waals surface area contributed by atoms with Crippen molar-refractivity contribution in [2.75, 3.05) is 6.61 Å². The molecule has 3 aliphatic rings. The monoisotopic (exact) mass is 266 g/mol. The Morgan fingerprint density at radius 2 is 2.00 bits per heavy atom. The van der Waals surface area contributed by atoms with Crippen molar-refractivity contribution < 1.29 is 19.1 Å². The minimum atomic E-state index is -0.922. The summed E-state index contributed by atoms with van der Waals surface area (Å²) in [7, 11) is 0. The highest BCUT2D eigenvalue weighted by Gasteiger charge is 2.52. The second-order valence-corrected chi connectivity index (χ2v) is 6.40. The van der Waals surface area contributed by atoms with Gasteiger partial charge in [-0.2, -0.15) is 0 Å². The average Bonchev–Trinajstić information content (AvgIpc) is 3.06. The van der Waals surface area contributed by atoms with E-state index in [1.165, 1.54) is 19.8 Å². The summed E-state index contributed by atoms with van der Waals surface area (Å²) in [5.41, 5.74) is -0.861. The summed E-state index contributed by atoms with van der Waals surface area (Å²) in [6.07, 6.45) is 7.91. The molecule has 106 valence electrons. The van der Waals surface area contributed by atoms with Gasteiger partial charge in [-0.3, -0.25) is 9.59 Å². The molecule has 19 heavy (non-hydrogen) atoms. The molecule has 1 aliphatic carbocycles. The number of esters is 1. The highest BCUT2D eigenvalue weighted by Crippen LogP contribution is 2.47. The molecule has 2 unspecified atom stereocenters. The van der Waals surface area contributed by atoms with E-state index in [1.807, 2.05) is 0 Å². The molecule has 0 bridgehead atoms. The highest BCUT2D eigenvalue weighted by molar-refractivity contribution is 6.03. The molecule has 2 atom stereocenters. The van der Waals surface area contributed by atoms with Crippen LogP contribution in [0, 0.1) is 5.41 Å². The minimum Gasteiger partial charge on any atom is -0.465 e. The third-order valence-corrected chi connectivity index (χ3v) is 5.26. The average molecular weight is 266 g/mol. The lowest BCUT2D eigenvalue weighted by Crippen LogP contribution is -2.38. The van der Waals surface area contributed by atoms with E-state index < -0.39 is 5.41 Å². The van der Waals surface area contributed by atoms with Gasteiger partial charge in [-0.1, -0.05) is 12.8 Å². The molecule has 1 saturated carbocycles. The van der Waals surface area contributed by atoms with Gasteiger partial charge in [0, 0.05) is 6.42 Å². The largest absolute Gasteiger partial charge is 0.465 e. The van der Waals surface area contributed by atoms with Crippen LogP contribution in [0.15, 0.2) is 0 Å². The third kappa shape index (κ3) is 2.10. The quantitative estimate of drug-likeness (QED) is 0.581. The second-order valence-electron chi connectivity index (χ2n) is 6.40. The zero-order valence-electron chi connectivity index (χ0n) is 11.6. The van der Waals surface area contributed by atoms with Crippen molar-refractivity contribution in [1.29, 1.82) is 0 Å². The van der Waals surface area contributed by atoms with Crippen molar-refractivity contribution >= 4 is 11.8 Å². The van der Waals surface area contributed by atoms with E-state index in [1.54, 1.807) is 0 Å². The summed E-state index contributed by atoms with van der Waals surface area (Å²) >= 11 is 0. The molecule has 0 radical (unpaired) electrons. The number of hydrogen-bond donors (Lipinski definition) is 0. The number of ether oxygens (including phenoxy) is 2. The maximum absolute atomic E-state index is 11.9. The van der Waals surface area contributed by atoms with Crippen molar-refractivity contribution in [3.05, 3.63) is 0 Å². The molecule has 0 aromatic rings. The topological polar surface area (TPSA) is 52.6 Å². The number of cyclic esters (lactones) is 1. The van der Waals surface area contributed by atoms with Crippen LogP contribution in [-0.2, 0) is 19.1 Å². The van der Waals surface area contributed by atoms with Gasteiger partial charge < -0.3 is 9.47 Å². The van der Waals surface area contributed by atoms with E-state index in [4.69, 9.17) is 9.47 Å². The van der Waals surface area contributed by atoms with Gasteiger partial charge in [-0.15, -0.1) is 0 Å². The summed E-state index contributed by atoms with van der Waals surface area (Å²) in [6, 6.07) is 0. The fourth-order valence-corrected chi connectivity index (χ4v) is 4.02. The number of carbonyl (C=O) groups is 2. The Hall–Kier alpha value is -0.900. The molecular weight excluding hydrogens is 244 g/mol. The zero-order valence-corrected chi connectivity index (χ0v) is 11.6. The summed E-state index contributed by atoms with van der Waals surface area (Å²) in [4.78, 5) is 23.9. The predicted octanol–water partition coefficient (Wildman–Crippen LogP) is 2.39. The fraction of sp³-hybridized carbons (Fsp3) is 0.867. The van der Waals surface area contributed by atoms with Crippen LogP contribution in [-0.4, -0.2) is 30.1 Å². The smallest absolute Gasteiger partial charge is 0.319 e. The van der Waals surface area contributed by atoms with Crippen molar-refractivity contribution in [1.82, 2.24) is 0 Å². The van der Waals surface area contributed by atoms with E-state index >= 15 is 0 Å². The van der Waals surface area contributed by atoms with Crippen molar-refractivity contribution in [2.24, 2.45) is 5.41 Å². The summed E-state index contributed by atoms with van der Waals surface area (Å²) in [6.45, 7) is 1.88. The van der Waals surface area contributed by atoms with Gasteiger partial charge in [0.25, 0.3) is 0 Å². The normalized spacial score (nSPS) is 36.9. The molecule has 3 rings (SSSR count). The van der Waals surface area contributed by atoms with E-state index in [0.29, 0.717) is 19.4 Å². The predicted molar refractivity (Wildman–Crippen MR) is 68.6 cm³/mol. The molecule has 0 amide bonds. The van der Waals surface area contributed by atoms with Crippen molar-refractivity contribution in [3.8, 4) is 0 Å². The Morgan fingerprint density at radius 1 is 1.26 bits per heavy atom. The third-order valence-electron chi connectivity index (χ3n) is 5.26. The Morgan fingerprint density at radius 3 is 2.58 bits per heavy atom. The molecule has 1 spiro atoms. The second kappa shape index (κ2) is 4.58. The SMILES string of the molecule is CC(=O)C1(CC2CCC3(CCCC3)O2)CCOC1=O. The number of rotatable bonds is 3. The highest BCUT2D eigenvalue weighted by atomic mass is 16.5. The fourth-order valence-electron chi connectivity index (χ4n) is 4.02. The minimum absolute atomic E-state index is 0.0487. The number of Topliss-reactive ketones (excluding diaryl/α,β-unsaturated/α-hetero) is 1. The lowest BCUT2D eigenvalue weighted by Gasteiger charge is -2.28. The van der Waals surface area contributed by atoms with Crippen LogP contribution in [0.2, 0.25) is 0 Å². The van der Waals surface area contributed by atoms with Crippen molar-refractivity contribution in [3.63, 3.8) is 0 Å². The first kappa shape index (κ1) is 13.1. The van der Waals surface area contributed by atoms with Gasteiger partial charge >= 0.3 is 5.97 Å². The summed E-state index contributed by atoms with van der Waals surface area (Å²) in [5, 5.41) is 0. The summed E-state index contributed by atoms with van der Waals surface area (Å²) in [5.74, 6) is -0.401. The van der Waals surface area contributed by atoms with Gasteiger partial charge in [0.1, 0.15) is 11.2 Å². The van der Waals surface area contributed by atoms with Gasteiger partial charge in [-0.05, 0) is 39.0 Å². The Kier molecular flexibility index (Phi) is 3.16. The molecule has 3 fully saturated rings. The van der Waals surface area contributed by atoms with Gasteiger partial charge in [0.15, 0.2) is 0 Å². The molecule has 2 heterocycles. The first-order valence-electron chi connectivity index (χ1n) is 7.43. The Balaban J connectivity index is 1.70. The molecule has 4 heteroatoms. The Labute approximate surface area is 113 Å².